The van der Waals surface area contributed by atoms with Crippen LogP contribution in [0.15, 0.2) is 40.3 Å². The van der Waals surface area contributed by atoms with Gasteiger partial charge in [-0.2, -0.15) is 0 Å². The van der Waals surface area contributed by atoms with Gasteiger partial charge in [0.2, 0.25) is 4.93 Å². The van der Waals surface area contributed by atoms with Gasteiger partial charge >= 0.3 is 29.8 Å². The van der Waals surface area contributed by atoms with E-state index in [2.05, 4.69) is 15.3 Å². The minimum Gasteiger partial charge on any atom is -0.466 e. The molecule has 1 N–H and O–H groups in total. The predicted octanol–water partition coefficient (Wildman–Crippen LogP) is 1.59. The second-order valence-corrected chi connectivity index (χ2v) is 10.4. The molecule has 1 aromatic rings. The summed E-state index contributed by atoms with van der Waals surface area (Å²) < 4.78 is 32.6. The van der Waals surface area contributed by atoms with Crippen LogP contribution in [-0.2, 0) is 57.2 Å². The fraction of sp³-hybridized carbons (Fsp3) is 0.538. The van der Waals surface area contributed by atoms with Crippen molar-refractivity contribution in [2.24, 2.45) is 5.11 Å². The van der Waals surface area contributed by atoms with Crippen LogP contribution < -0.4 is 5.32 Å². The lowest BCUT2D eigenvalue weighted by molar-refractivity contribution is -0.220. The Morgan fingerprint density at radius 1 is 1.05 bits per heavy atom. The minimum absolute atomic E-state index is 0.380. The van der Waals surface area contributed by atoms with Crippen molar-refractivity contribution in [3.8, 4) is 0 Å². The maximum atomic E-state index is 13.4. The lowest BCUT2D eigenvalue weighted by atomic mass is 9.89. The number of hydrogen-bond donors (Lipinski definition) is 1. The molecule has 1 saturated heterocycles. The lowest BCUT2D eigenvalue weighted by Gasteiger charge is -2.48. The van der Waals surface area contributed by atoms with Gasteiger partial charge in [0.25, 0.3) is 5.91 Å². The number of nitrogens with one attached hydrogen (secondary N) is 1. The predicted molar refractivity (Wildman–Crippen MR) is 146 cm³/mol. The van der Waals surface area contributed by atoms with Crippen molar-refractivity contribution in [2.75, 3.05) is 20.3 Å². The summed E-state index contributed by atoms with van der Waals surface area (Å²) in [6.45, 7) is 2.98. The zero-order valence-corrected chi connectivity index (χ0v) is 24.9. The van der Waals surface area contributed by atoms with Gasteiger partial charge in [0.05, 0.1) is 19.7 Å². The summed E-state index contributed by atoms with van der Waals surface area (Å²) in [5.74, 6) is -5.10. The Balaban J connectivity index is 2.79. The van der Waals surface area contributed by atoms with E-state index in [1.165, 1.54) is 0 Å². The summed E-state index contributed by atoms with van der Waals surface area (Å²) in [5.41, 5.74) is 8.95. The zero-order valence-electron chi connectivity index (χ0n) is 24.0. The molecule has 2 rings (SSSR count). The topological polar surface area (TPSA) is 219 Å². The Morgan fingerprint density at radius 3 is 2.23 bits per heavy atom. The van der Waals surface area contributed by atoms with Gasteiger partial charge in [0, 0.05) is 43.9 Å². The van der Waals surface area contributed by atoms with E-state index in [1.807, 2.05) is 0 Å². The maximum absolute atomic E-state index is 13.4. The van der Waals surface area contributed by atoms with Crippen molar-refractivity contribution in [3.63, 3.8) is 0 Å². The molecule has 234 valence electrons. The Morgan fingerprint density at radius 2 is 1.70 bits per heavy atom. The first-order valence-corrected chi connectivity index (χ1v) is 13.6. The second kappa shape index (κ2) is 16.3. The summed E-state index contributed by atoms with van der Waals surface area (Å²) in [6.07, 6.45) is -6.48. The number of azide groups is 1. The average Bonchev–Trinajstić information content (AvgIpc) is 2.93. The van der Waals surface area contributed by atoms with Gasteiger partial charge in [0.15, 0.2) is 12.7 Å². The number of thioether (sulfide) groups is 1. The Hall–Kier alpha value is -4.34. The summed E-state index contributed by atoms with van der Waals surface area (Å²) >= 11 is 0.894. The van der Waals surface area contributed by atoms with E-state index in [-0.39, 0.29) is 6.42 Å². The van der Waals surface area contributed by atoms with Crippen LogP contribution in [0, 0.1) is 0 Å². The molecule has 0 unspecified atom stereocenters. The first-order valence-electron chi connectivity index (χ1n) is 12.8. The molecule has 1 amide bonds. The van der Waals surface area contributed by atoms with E-state index in [0.29, 0.717) is 4.90 Å². The van der Waals surface area contributed by atoms with E-state index in [1.54, 1.807) is 30.3 Å². The first-order chi connectivity index (χ1) is 20.3. The molecule has 1 fully saturated rings. The molecule has 0 bridgehead atoms. The summed E-state index contributed by atoms with van der Waals surface area (Å²) in [5, 5.41) is 5.98. The van der Waals surface area contributed by atoms with Crippen LogP contribution in [0.2, 0.25) is 0 Å². The molecule has 16 nitrogen and oxygen atoms in total. The van der Waals surface area contributed by atoms with Gasteiger partial charge in [-0.15, -0.1) is 0 Å². The highest BCUT2D eigenvalue weighted by atomic mass is 32.2. The van der Waals surface area contributed by atoms with E-state index in [9.17, 15) is 28.8 Å². The standard InChI is InChI=1S/C26H32N4O12S/c1-14(31)38-13-21(35)29-22-19(39-15(2)32)11-26(25(36)37-5,43-18-9-7-6-8-10-18)42-24(22)23(41-17(4)34)20(12-28-30-27)40-16(3)33/h6-10,19-20,22-24H,11-13H2,1-5H3,(H,29,35)/t19-,20+,22+,23+,24+,26+/m0/s1. The fourth-order valence-electron chi connectivity index (χ4n) is 4.27. The Kier molecular flexibility index (Phi) is 13.2. The number of carbonyl (C=O) groups is 6. The van der Waals surface area contributed by atoms with Crippen molar-refractivity contribution < 1.29 is 57.2 Å². The smallest absolute Gasteiger partial charge is 0.349 e. The molecule has 6 atom stereocenters. The minimum atomic E-state index is -1.98. The summed E-state index contributed by atoms with van der Waals surface area (Å²) in [6, 6.07) is 7.10. The third-order valence-electron chi connectivity index (χ3n) is 5.76. The van der Waals surface area contributed by atoms with Gasteiger partial charge in [-0.05, 0) is 17.7 Å². The van der Waals surface area contributed by atoms with E-state index < -0.39 is 84.3 Å². The maximum Gasteiger partial charge on any atom is 0.349 e. The first kappa shape index (κ1) is 34.9. The van der Waals surface area contributed by atoms with E-state index in [4.69, 9.17) is 34.0 Å². The van der Waals surface area contributed by atoms with Crippen LogP contribution in [0.5, 0.6) is 0 Å². The van der Waals surface area contributed by atoms with Crippen LogP contribution in [0.3, 0.4) is 0 Å². The Bertz CT molecular complexity index is 1240. The number of benzene rings is 1. The summed E-state index contributed by atoms with van der Waals surface area (Å²) in [7, 11) is 1.11. The molecule has 1 heterocycles. The number of hydrogen-bond acceptors (Lipinski definition) is 14. The Labute approximate surface area is 250 Å². The molecule has 1 aromatic carbocycles. The molecule has 1 aliphatic rings. The van der Waals surface area contributed by atoms with Gasteiger partial charge in [-0.25, -0.2) is 4.79 Å². The van der Waals surface area contributed by atoms with Crippen molar-refractivity contribution in [2.45, 2.75) is 74.4 Å². The molecule has 0 radical (unpaired) electrons. The SMILES string of the molecule is COC(=O)[C@]1(Sc2ccccc2)C[C@H](OC(C)=O)[C@@H](NC(=O)COC(C)=O)[C@H]([C@H](OC(C)=O)[C@@H](CN=[N+]=[N-])OC(C)=O)O1. The van der Waals surface area contributed by atoms with Crippen molar-refractivity contribution in [1.82, 2.24) is 5.32 Å². The molecular weight excluding hydrogens is 592 g/mol. The zero-order chi connectivity index (χ0) is 32.2. The van der Waals surface area contributed by atoms with Gasteiger partial charge in [-0.3, -0.25) is 24.0 Å². The van der Waals surface area contributed by atoms with Gasteiger partial charge < -0.3 is 33.7 Å². The highest BCUT2D eigenvalue weighted by Gasteiger charge is 2.58. The third-order valence-corrected chi connectivity index (χ3v) is 7.03. The number of esters is 5. The lowest BCUT2D eigenvalue weighted by Crippen LogP contribution is -2.68. The highest BCUT2D eigenvalue weighted by Crippen LogP contribution is 2.45. The van der Waals surface area contributed by atoms with Crippen molar-refractivity contribution in [3.05, 3.63) is 40.8 Å². The van der Waals surface area contributed by atoms with Gasteiger partial charge in [0.1, 0.15) is 18.3 Å². The third kappa shape index (κ3) is 10.5. The van der Waals surface area contributed by atoms with Crippen molar-refractivity contribution >= 4 is 47.5 Å². The largest absolute Gasteiger partial charge is 0.466 e. The van der Waals surface area contributed by atoms with Crippen LogP contribution in [0.4, 0.5) is 0 Å². The molecule has 0 aromatic heterocycles. The van der Waals surface area contributed by atoms with Crippen LogP contribution >= 0.6 is 11.8 Å². The molecule has 17 heteroatoms. The van der Waals surface area contributed by atoms with Crippen LogP contribution in [-0.4, -0.2) is 91.4 Å². The van der Waals surface area contributed by atoms with Crippen LogP contribution in [0.1, 0.15) is 34.1 Å². The number of carbonyl (C=O) groups excluding carboxylic acids is 6. The molecule has 1 aliphatic heterocycles. The molecule has 0 aliphatic carbocycles. The number of amides is 1. The van der Waals surface area contributed by atoms with Gasteiger partial charge in [-0.1, -0.05) is 35.1 Å². The number of ether oxygens (including phenoxy) is 6. The average molecular weight is 625 g/mol. The molecule has 43 heavy (non-hydrogen) atoms. The number of nitrogens with zero attached hydrogens (tertiary/aromatic N) is 3. The molecular formula is C26H32N4O12S. The highest BCUT2D eigenvalue weighted by molar-refractivity contribution is 8.01. The quantitative estimate of drug-likeness (QED) is 0.108. The van der Waals surface area contributed by atoms with Crippen LogP contribution in [0.25, 0.3) is 10.4 Å². The number of methoxy groups -OCH3 is 1. The van der Waals surface area contributed by atoms with E-state index in [0.717, 1.165) is 46.6 Å². The van der Waals surface area contributed by atoms with Crippen molar-refractivity contribution in [1.29, 1.82) is 0 Å². The normalized spacial score (nSPS) is 22.4. The second-order valence-electron chi connectivity index (χ2n) is 9.10. The summed E-state index contributed by atoms with van der Waals surface area (Å²) in [4.78, 5) is 75.4. The fourth-order valence-corrected chi connectivity index (χ4v) is 5.52. The van der Waals surface area contributed by atoms with E-state index >= 15 is 0 Å². The number of rotatable bonds is 13. The molecule has 0 spiro atoms. The monoisotopic (exact) mass is 624 g/mol. The molecule has 0 saturated carbocycles.